The van der Waals surface area contributed by atoms with E-state index in [0.29, 0.717) is 34.5 Å². The second kappa shape index (κ2) is 8.00. The molecule has 0 N–H and O–H groups in total. The lowest BCUT2D eigenvalue weighted by Gasteiger charge is -2.16. The highest BCUT2D eigenvalue weighted by Gasteiger charge is 2.20. The number of aromatic nitrogens is 1. The van der Waals surface area contributed by atoms with Crippen LogP contribution in [0.1, 0.15) is 16.1 Å². The topological polar surface area (TPSA) is 70.1 Å². The molecule has 0 spiro atoms. The quantitative estimate of drug-likeness (QED) is 0.613. The zero-order valence-corrected chi connectivity index (χ0v) is 17.1. The number of ether oxygens (including phenoxy) is 4. The molecule has 0 unspecified atom stereocenters. The van der Waals surface area contributed by atoms with Gasteiger partial charge in [-0.2, -0.15) is 0 Å². The number of rotatable bonds is 6. The highest BCUT2D eigenvalue weighted by Crippen LogP contribution is 2.39. The van der Waals surface area contributed by atoms with Crippen molar-refractivity contribution in [2.45, 2.75) is 6.54 Å². The molecular formula is C21H20N2O5S. The molecule has 0 bridgehead atoms. The highest BCUT2D eigenvalue weighted by molar-refractivity contribution is 7.13. The Hall–Kier alpha value is -3.26. The summed E-state index contributed by atoms with van der Waals surface area (Å²) in [5, 5.41) is 2.45. The third-order valence-corrected chi connectivity index (χ3v) is 5.44. The van der Waals surface area contributed by atoms with E-state index in [2.05, 4.69) is 4.98 Å². The van der Waals surface area contributed by atoms with Crippen LogP contribution in [-0.4, -0.2) is 43.9 Å². The second-order valence-electron chi connectivity index (χ2n) is 6.43. The summed E-state index contributed by atoms with van der Waals surface area (Å²) in [7, 11) is 4.92. The largest absolute Gasteiger partial charge is 0.493 e. The first-order valence-electron chi connectivity index (χ1n) is 8.91. The molecule has 150 valence electrons. The molecule has 4 rings (SSSR count). The minimum Gasteiger partial charge on any atom is -0.493 e. The molecule has 0 saturated heterocycles. The van der Waals surface area contributed by atoms with E-state index in [0.717, 1.165) is 16.9 Å². The summed E-state index contributed by atoms with van der Waals surface area (Å²) in [6.07, 6.45) is 0. The Morgan fingerprint density at radius 2 is 2.00 bits per heavy atom. The summed E-state index contributed by atoms with van der Waals surface area (Å²) in [6.45, 7) is 0.660. The van der Waals surface area contributed by atoms with Crippen LogP contribution in [0.25, 0.3) is 10.6 Å². The van der Waals surface area contributed by atoms with E-state index in [-0.39, 0.29) is 12.7 Å². The van der Waals surface area contributed by atoms with Crippen LogP contribution < -0.4 is 18.9 Å². The molecule has 1 aromatic heterocycles. The number of amides is 1. The fourth-order valence-electron chi connectivity index (χ4n) is 3.13. The first-order chi connectivity index (χ1) is 14.1. The molecule has 1 amide bonds. The molecule has 0 saturated carbocycles. The van der Waals surface area contributed by atoms with E-state index in [4.69, 9.17) is 18.9 Å². The minimum absolute atomic E-state index is 0.160. The molecule has 0 aliphatic carbocycles. The van der Waals surface area contributed by atoms with Crippen molar-refractivity contribution in [3.05, 3.63) is 53.0 Å². The number of methoxy groups -OCH3 is 2. The van der Waals surface area contributed by atoms with Gasteiger partial charge in [-0.3, -0.25) is 4.79 Å². The normalized spacial score (nSPS) is 12.0. The molecule has 0 radical (unpaired) electrons. The molecule has 2 aromatic carbocycles. The van der Waals surface area contributed by atoms with E-state index in [1.54, 1.807) is 31.5 Å². The zero-order chi connectivity index (χ0) is 20.4. The first-order valence-corrected chi connectivity index (χ1v) is 9.79. The maximum absolute atomic E-state index is 12.9. The van der Waals surface area contributed by atoms with Gasteiger partial charge in [-0.05, 0) is 29.8 Å². The van der Waals surface area contributed by atoms with Crippen LogP contribution in [0.5, 0.6) is 23.0 Å². The Kier molecular flexibility index (Phi) is 5.26. The standard InChI is InChI=1S/C21H20N2O5S/c1-23(10-13-7-8-16-18(9-13)28-12-27-16)21(24)15-11-29-20(22-15)14-5-4-6-17(25-2)19(14)26-3/h4-9,11H,10,12H2,1-3H3. The Morgan fingerprint density at radius 1 is 1.17 bits per heavy atom. The number of carbonyl (C=O) groups excluding carboxylic acids is 1. The van der Waals surface area contributed by atoms with E-state index in [1.165, 1.54) is 11.3 Å². The predicted octanol–water partition coefficient (Wildman–Crippen LogP) is 3.83. The molecule has 29 heavy (non-hydrogen) atoms. The Balaban J connectivity index is 1.53. The number of carbonyl (C=O) groups is 1. The van der Waals surface area contributed by atoms with Gasteiger partial charge in [-0.25, -0.2) is 4.98 Å². The lowest BCUT2D eigenvalue weighted by molar-refractivity contribution is 0.0780. The summed E-state index contributed by atoms with van der Waals surface area (Å²) in [5.41, 5.74) is 2.13. The van der Waals surface area contributed by atoms with Crippen molar-refractivity contribution in [2.24, 2.45) is 0 Å². The third-order valence-electron chi connectivity index (χ3n) is 4.56. The smallest absolute Gasteiger partial charge is 0.273 e. The molecule has 2 heterocycles. The minimum atomic E-state index is -0.160. The summed E-state index contributed by atoms with van der Waals surface area (Å²) >= 11 is 1.39. The second-order valence-corrected chi connectivity index (χ2v) is 7.29. The van der Waals surface area contributed by atoms with Gasteiger partial charge in [-0.1, -0.05) is 12.1 Å². The van der Waals surface area contributed by atoms with Crippen molar-refractivity contribution in [1.82, 2.24) is 9.88 Å². The summed E-state index contributed by atoms with van der Waals surface area (Å²) in [6, 6.07) is 11.2. The van der Waals surface area contributed by atoms with Crippen molar-refractivity contribution < 1.29 is 23.7 Å². The van der Waals surface area contributed by atoms with Crippen LogP contribution in [0.4, 0.5) is 0 Å². The van der Waals surface area contributed by atoms with Crippen molar-refractivity contribution in [1.29, 1.82) is 0 Å². The monoisotopic (exact) mass is 412 g/mol. The van der Waals surface area contributed by atoms with Crippen molar-refractivity contribution in [2.75, 3.05) is 28.1 Å². The van der Waals surface area contributed by atoms with Crippen LogP contribution in [0.15, 0.2) is 41.8 Å². The fraction of sp³-hybridized carbons (Fsp3) is 0.238. The van der Waals surface area contributed by atoms with Gasteiger partial charge >= 0.3 is 0 Å². The van der Waals surface area contributed by atoms with E-state index >= 15 is 0 Å². The molecular weight excluding hydrogens is 392 g/mol. The molecule has 1 aliphatic rings. The lowest BCUT2D eigenvalue weighted by atomic mass is 10.2. The molecule has 1 aliphatic heterocycles. The van der Waals surface area contributed by atoms with Crippen LogP contribution in [-0.2, 0) is 6.54 Å². The molecule has 3 aromatic rings. The maximum Gasteiger partial charge on any atom is 0.273 e. The van der Waals surface area contributed by atoms with Gasteiger partial charge in [0.15, 0.2) is 23.0 Å². The number of fused-ring (bicyclic) bond motifs is 1. The van der Waals surface area contributed by atoms with Crippen molar-refractivity contribution in [3.8, 4) is 33.6 Å². The van der Waals surface area contributed by atoms with Crippen LogP contribution >= 0.6 is 11.3 Å². The molecule has 7 nitrogen and oxygen atoms in total. The number of thiazole rings is 1. The van der Waals surface area contributed by atoms with E-state index in [1.807, 2.05) is 36.4 Å². The van der Waals surface area contributed by atoms with Gasteiger partial charge in [0.2, 0.25) is 6.79 Å². The van der Waals surface area contributed by atoms with Gasteiger partial charge in [-0.15, -0.1) is 11.3 Å². The van der Waals surface area contributed by atoms with Crippen LogP contribution in [0.3, 0.4) is 0 Å². The van der Waals surface area contributed by atoms with Gasteiger partial charge in [0.25, 0.3) is 5.91 Å². The summed E-state index contributed by atoms with van der Waals surface area (Å²) in [4.78, 5) is 19.0. The zero-order valence-electron chi connectivity index (χ0n) is 16.3. The predicted molar refractivity (Wildman–Crippen MR) is 109 cm³/mol. The van der Waals surface area contributed by atoms with Gasteiger partial charge in [0, 0.05) is 19.0 Å². The van der Waals surface area contributed by atoms with Crippen LogP contribution in [0, 0.1) is 0 Å². The summed E-state index contributed by atoms with van der Waals surface area (Å²) in [5.74, 6) is 2.47. The number of hydrogen-bond acceptors (Lipinski definition) is 7. The number of nitrogens with zero attached hydrogens (tertiary/aromatic N) is 2. The third kappa shape index (κ3) is 3.71. The molecule has 0 fully saturated rings. The molecule has 8 heteroatoms. The fourth-order valence-corrected chi connectivity index (χ4v) is 3.95. The average molecular weight is 412 g/mol. The Bertz CT molecular complexity index is 1050. The van der Waals surface area contributed by atoms with Gasteiger partial charge in [0.1, 0.15) is 10.7 Å². The summed E-state index contributed by atoms with van der Waals surface area (Å²) < 4.78 is 21.6. The Labute approximate surface area is 172 Å². The molecule has 0 atom stereocenters. The number of benzene rings is 2. The van der Waals surface area contributed by atoms with Crippen molar-refractivity contribution >= 4 is 17.2 Å². The van der Waals surface area contributed by atoms with Gasteiger partial charge in [0.05, 0.1) is 19.8 Å². The number of para-hydroxylation sites is 1. The van der Waals surface area contributed by atoms with Gasteiger partial charge < -0.3 is 23.8 Å². The van der Waals surface area contributed by atoms with Crippen LogP contribution in [0.2, 0.25) is 0 Å². The maximum atomic E-state index is 12.9. The Morgan fingerprint density at radius 3 is 2.79 bits per heavy atom. The number of hydrogen-bond donors (Lipinski definition) is 0. The van der Waals surface area contributed by atoms with Crippen molar-refractivity contribution in [3.63, 3.8) is 0 Å². The SMILES string of the molecule is COc1cccc(-c2nc(C(=O)N(C)Cc3ccc4c(c3)OCO4)cs2)c1OC. The van der Waals surface area contributed by atoms with E-state index < -0.39 is 0 Å². The van der Waals surface area contributed by atoms with E-state index in [9.17, 15) is 4.79 Å². The lowest BCUT2D eigenvalue weighted by Crippen LogP contribution is -2.26. The average Bonchev–Trinajstić information content (AvgIpc) is 3.41. The highest BCUT2D eigenvalue weighted by atomic mass is 32.1. The first kappa shape index (κ1) is 19.1.